The van der Waals surface area contributed by atoms with E-state index in [1.165, 1.54) is 6.42 Å². The van der Waals surface area contributed by atoms with Crippen LogP contribution in [0.4, 0.5) is 0 Å². The van der Waals surface area contributed by atoms with E-state index in [1.54, 1.807) is 30.5 Å². The van der Waals surface area contributed by atoms with Gasteiger partial charge < -0.3 is 10.1 Å². The van der Waals surface area contributed by atoms with Gasteiger partial charge in [-0.3, -0.25) is 4.79 Å². The molecule has 0 aliphatic carbocycles. The molecule has 3 rings (SSSR count). The number of imidazole rings is 1. The van der Waals surface area contributed by atoms with Gasteiger partial charge in [0.05, 0.1) is 6.42 Å². The predicted octanol–water partition coefficient (Wildman–Crippen LogP) is 3.35. The number of aromatic nitrogens is 2. The van der Waals surface area contributed by atoms with Crippen molar-refractivity contribution in [2.45, 2.75) is 0 Å². The summed E-state index contributed by atoms with van der Waals surface area (Å²) >= 11 is 12.2. The number of carbonyl (C=O) groups excluding carboxylic acids is 1. The Labute approximate surface area is 131 Å². The first-order valence-electron chi connectivity index (χ1n) is 6.11. The molecule has 2 heterocycles. The molecule has 0 fully saturated rings. The summed E-state index contributed by atoms with van der Waals surface area (Å²) in [5.74, 6) is -0.530. The molecule has 1 radical (unpaired) electrons. The first-order valence-corrected chi connectivity index (χ1v) is 6.86. The maximum Gasteiger partial charge on any atom is 0.226 e. The van der Waals surface area contributed by atoms with E-state index in [2.05, 4.69) is 4.98 Å². The Kier molecular flexibility index (Phi) is 3.57. The summed E-state index contributed by atoms with van der Waals surface area (Å²) in [4.78, 5) is 15.4. The quantitative estimate of drug-likeness (QED) is 0.805. The summed E-state index contributed by atoms with van der Waals surface area (Å²) in [6, 6.07) is 6.99. The van der Waals surface area contributed by atoms with Crippen LogP contribution in [0.5, 0.6) is 0 Å². The molecule has 0 aliphatic rings. The predicted molar refractivity (Wildman–Crippen MR) is 83.2 cm³/mol. The van der Waals surface area contributed by atoms with E-state index in [4.69, 9.17) is 28.9 Å². The monoisotopic (exact) mass is 318 g/mol. The van der Waals surface area contributed by atoms with Gasteiger partial charge in [-0.15, -0.1) is 0 Å². The molecule has 0 atom stereocenters. The molecule has 0 spiro atoms. The van der Waals surface area contributed by atoms with Gasteiger partial charge in [0.1, 0.15) is 5.65 Å². The minimum Gasteiger partial charge on any atom is -0.369 e. The van der Waals surface area contributed by atoms with Gasteiger partial charge in [-0.1, -0.05) is 29.3 Å². The van der Waals surface area contributed by atoms with Crippen LogP contribution in [0.1, 0.15) is 5.56 Å². The van der Waals surface area contributed by atoms with Crippen molar-refractivity contribution in [3.63, 3.8) is 0 Å². The molecule has 3 aromatic rings. The molecular formula is C15H10Cl2N3O. The molecule has 0 saturated carbocycles. The molecule has 0 saturated heterocycles. The number of benzene rings is 1. The van der Waals surface area contributed by atoms with E-state index in [1.807, 2.05) is 16.8 Å². The fourth-order valence-corrected chi connectivity index (χ4v) is 2.69. The zero-order valence-electron chi connectivity index (χ0n) is 10.8. The number of rotatable bonds is 3. The van der Waals surface area contributed by atoms with Crippen molar-refractivity contribution in [2.24, 2.45) is 5.73 Å². The van der Waals surface area contributed by atoms with Crippen molar-refractivity contribution in [1.29, 1.82) is 0 Å². The van der Waals surface area contributed by atoms with Gasteiger partial charge in [0.15, 0.2) is 0 Å². The number of carbonyl (C=O) groups is 1. The number of fused-ring (bicyclic) bond motifs is 1. The minimum absolute atomic E-state index is 0.501. The van der Waals surface area contributed by atoms with Gasteiger partial charge in [0.25, 0.3) is 0 Å². The van der Waals surface area contributed by atoms with Gasteiger partial charge >= 0.3 is 0 Å². The van der Waals surface area contributed by atoms with Gasteiger partial charge in [-0.05, 0) is 23.8 Å². The number of halogens is 2. The van der Waals surface area contributed by atoms with Crippen LogP contribution >= 0.6 is 23.2 Å². The highest BCUT2D eigenvalue weighted by molar-refractivity contribution is 6.36. The molecule has 105 valence electrons. The lowest BCUT2D eigenvalue weighted by Gasteiger charge is -2.11. The van der Waals surface area contributed by atoms with E-state index < -0.39 is 5.91 Å². The third kappa shape index (κ3) is 2.73. The van der Waals surface area contributed by atoms with Crippen LogP contribution in [0.25, 0.3) is 16.8 Å². The van der Waals surface area contributed by atoms with E-state index in [-0.39, 0.29) is 0 Å². The van der Waals surface area contributed by atoms with Crippen LogP contribution in [0, 0.1) is 6.42 Å². The fourth-order valence-electron chi connectivity index (χ4n) is 2.18. The number of primary amides is 1. The maximum absolute atomic E-state index is 11.3. The van der Waals surface area contributed by atoms with Crippen LogP contribution in [0.2, 0.25) is 10.0 Å². The van der Waals surface area contributed by atoms with Crippen molar-refractivity contribution in [3.05, 3.63) is 64.9 Å². The standard InChI is InChI=1S/C15H10Cl2N3O/c16-10-1-2-11(13(17)7-10)12-8-20-4-3-19-15(20)6-9(12)5-14(18)21/h1-8H,(H2,18,21). The molecule has 6 heteroatoms. The molecule has 0 unspecified atom stereocenters. The molecule has 4 nitrogen and oxygen atoms in total. The molecule has 0 aliphatic heterocycles. The first-order chi connectivity index (χ1) is 10.0. The molecule has 1 amide bonds. The second-order valence-electron chi connectivity index (χ2n) is 4.51. The highest BCUT2D eigenvalue weighted by Crippen LogP contribution is 2.33. The summed E-state index contributed by atoms with van der Waals surface area (Å²) in [6.45, 7) is 0. The van der Waals surface area contributed by atoms with E-state index in [0.717, 1.165) is 16.8 Å². The zero-order valence-corrected chi connectivity index (χ0v) is 12.3. The lowest BCUT2D eigenvalue weighted by molar-refractivity contribution is -0.114. The number of pyridine rings is 1. The largest absolute Gasteiger partial charge is 0.369 e. The Morgan fingerprint density at radius 1 is 1.24 bits per heavy atom. The van der Waals surface area contributed by atoms with Gasteiger partial charge in [-0.25, -0.2) is 4.98 Å². The lowest BCUT2D eigenvalue weighted by atomic mass is 9.99. The van der Waals surface area contributed by atoms with Crippen molar-refractivity contribution in [1.82, 2.24) is 9.38 Å². The second kappa shape index (κ2) is 5.39. The summed E-state index contributed by atoms with van der Waals surface area (Å²) in [7, 11) is 0. The number of hydrogen-bond acceptors (Lipinski definition) is 2. The van der Waals surface area contributed by atoms with Crippen LogP contribution < -0.4 is 5.73 Å². The third-order valence-electron chi connectivity index (χ3n) is 3.08. The van der Waals surface area contributed by atoms with E-state index in [9.17, 15) is 4.79 Å². The van der Waals surface area contributed by atoms with E-state index in [0.29, 0.717) is 15.6 Å². The number of nitrogens with two attached hydrogens (primary N) is 1. The first kappa shape index (κ1) is 13.9. The summed E-state index contributed by atoms with van der Waals surface area (Å²) in [6.07, 6.45) is 6.70. The lowest BCUT2D eigenvalue weighted by Crippen LogP contribution is -2.12. The number of nitrogens with zero attached hydrogens (tertiary/aromatic N) is 2. The molecule has 1 aromatic carbocycles. The van der Waals surface area contributed by atoms with Crippen molar-refractivity contribution in [2.75, 3.05) is 0 Å². The fraction of sp³-hybridized carbons (Fsp3) is 0. The Bertz CT molecular complexity index is 842. The molecule has 21 heavy (non-hydrogen) atoms. The zero-order chi connectivity index (χ0) is 15.0. The third-order valence-corrected chi connectivity index (χ3v) is 3.63. The normalized spacial score (nSPS) is 11.0. The van der Waals surface area contributed by atoms with Gasteiger partial charge in [0, 0.05) is 39.8 Å². The van der Waals surface area contributed by atoms with Crippen LogP contribution in [0.15, 0.2) is 42.9 Å². The maximum atomic E-state index is 11.3. The van der Waals surface area contributed by atoms with Crippen molar-refractivity contribution in [3.8, 4) is 11.1 Å². The topological polar surface area (TPSA) is 60.4 Å². The molecule has 2 N–H and O–H groups in total. The van der Waals surface area contributed by atoms with Crippen LogP contribution in [-0.4, -0.2) is 15.3 Å². The van der Waals surface area contributed by atoms with E-state index >= 15 is 0 Å². The highest BCUT2D eigenvalue weighted by Gasteiger charge is 2.13. The number of hydrogen-bond donors (Lipinski definition) is 1. The Hall–Kier alpha value is -2.04. The summed E-state index contributed by atoms with van der Waals surface area (Å²) < 4.78 is 1.85. The smallest absolute Gasteiger partial charge is 0.226 e. The molecular weight excluding hydrogens is 309 g/mol. The summed E-state index contributed by atoms with van der Waals surface area (Å²) in [5.41, 5.74) is 8.20. The molecule has 0 bridgehead atoms. The van der Waals surface area contributed by atoms with Crippen LogP contribution in [-0.2, 0) is 4.79 Å². The Morgan fingerprint density at radius 2 is 2.05 bits per heavy atom. The number of amides is 1. The van der Waals surface area contributed by atoms with Crippen molar-refractivity contribution < 1.29 is 4.79 Å². The highest BCUT2D eigenvalue weighted by atomic mass is 35.5. The van der Waals surface area contributed by atoms with Crippen LogP contribution in [0.3, 0.4) is 0 Å². The van der Waals surface area contributed by atoms with Gasteiger partial charge in [0.2, 0.25) is 5.91 Å². The Morgan fingerprint density at radius 3 is 2.76 bits per heavy atom. The average Bonchev–Trinajstić information content (AvgIpc) is 2.84. The Balaban J connectivity index is 2.25. The summed E-state index contributed by atoms with van der Waals surface area (Å²) in [5, 5.41) is 1.05. The molecule has 2 aromatic heterocycles. The second-order valence-corrected chi connectivity index (χ2v) is 5.35. The van der Waals surface area contributed by atoms with Crippen molar-refractivity contribution >= 4 is 34.8 Å². The average molecular weight is 319 g/mol. The van der Waals surface area contributed by atoms with Gasteiger partial charge in [-0.2, -0.15) is 0 Å². The SMILES string of the molecule is NC(=O)[CH]c1cc2nccn2cc1-c1ccc(Cl)cc1Cl. The minimum atomic E-state index is -0.530.